The van der Waals surface area contributed by atoms with Gasteiger partial charge in [-0.1, -0.05) is 18.0 Å². The van der Waals surface area contributed by atoms with E-state index in [9.17, 15) is 4.79 Å². The molecule has 0 radical (unpaired) electrons. The quantitative estimate of drug-likeness (QED) is 0.822. The number of nitrogens with one attached hydrogen (secondary N) is 1. The van der Waals surface area contributed by atoms with Crippen LogP contribution in [0.5, 0.6) is 0 Å². The van der Waals surface area contributed by atoms with Crippen LogP contribution in [0.2, 0.25) is 5.15 Å². The fraction of sp³-hybridized carbons (Fsp3) is 0.500. The Morgan fingerprint density at radius 2 is 2.38 bits per heavy atom. The minimum Gasteiger partial charge on any atom is -0.323 e. The number of carbonyl (C=O) groups is 1. The molecule has 1 aliphatic rings. The van der Waals surface area contributed by atoms with E-state index >= 15 is 0 Å². The number of aromatic nitrogens is 1. The average Bonchev–Trinajstić information content (AvgIpc) is 2.18. The van der Waals surface area contributed by atoms with E-state index in [2.05, 4.69) is 10.3 Å². The Hall–Kier alpha value is -1.09. The predicted octanol–water partition coefficient (Wildman–Crippen LogP) is 3.17. The van der Waals surface area contributed by atoms with Crippen LogP contribution in [0.15, 0.2) is 12.3 Å². The van der Waals surface area contributed by atoms with Gasteiger partial charge in [0, 0.05) is 12.6 Å². The molecule has 0 aliphatic heterocycles. The first-order valence-electron chi connectivity index (χ1n) is 5.57. The number of rotatable bonds is 3. The molecule has 1 heterocycles. The van der Waals surface area contributed by atoms with Crippen LogP contribution in [-0.2, 0) is 4.79 Å². The van der Waals surface area contributed by atoms with Crippen molar-refractivity contribution in [1.82, 2.24) is 4.98 Å². The van der Waals surface area contributed by atoms with Gasteiger partial charge in [-0.2, -0.15) is 0 Å². The van der Waals surface area contributed by atoms with Gasteiger partial charge >= 0.3 is 0 Å². The number of pyridine rings is 1. The van der Waals surface area contributed by atoms with Gasteiger partial charge in [0.1, 0.15) is 0 Å². The second kappa shape index (κ2) is 4.83. The fourth-order valence-electron chi connectivity index (χ4n) is 1.80. The van der Waals surface area contributed by atoms with E-state index in [1.165, 1.54) is 19.3 Å². The van der Waals surface area contributed by atoms with Crippen molar-refractivity contribution in [3.8, 4) is 0 Å². The third kappa shape index (κ3) is 2.73. The Balaban J connectivity index is 1.96. The van der Waals surface area contributed by atoms with E-state index in [0.717, 1.165) is 5.56 Å². The topological polar surface area (TPSA) is 42.0 Å². The van der Waals surface area contributed by atoms with Crippen LogP contribution < -0.4 is 5.32 Å². The van der Waals surface area contributed by atoms with E-state index in [0.29, 0.717) is 23.2 Å². The zero-order valence-corrected chi connectivity index (χ0v) is 10.0. The second-order valence-electron chi connectivity index (χ2n) is 4.40. The number of hydrogen-bond acceptors (Lipinski definition) is 2. The molecule has 1 amide bonds. The molecule has 1 N–H and O–H groups in total. The van der Waals surface area contributed by atoms with Crippen molar-refractivity contribution in [3.63, 3.8) is 0 Å². The molecule has 0 spiro atoms. The molecule has 3 nitrogen and oxygen atoms in total. The molecule has 1 fully saturated rings. The van der Waals surface area contributed by atoms with Crippen LogP contribution in [-0.4, -0.2) is 10.9 Å². The highest BCUT2D eigenvalue weighted by molar-refractivity contribution is 6.32. The van der Waals surface area contributed by atoms with Crippen LogP contribution in [0.1, 0.15) is 31.2 Å². The Labute approximate surface area is 100 Å². The average molecular weight is 239 g/mol. The van der Waals surface area contributed by atoms with Gasteiger partial charge in [-0.05, 0) is 37.3 Å². The summed E-state index contributed by atoms with van der Waals surface area (Å²) in [6.07, 6.45) is 5.89. The number of carbonyl (C=O) groups excluding carboxylic acids is 1. The molecule has 0 atom stereocenters. The largest absolute Gasteiger partial charge is 0.323 e. The lowest BCUT2D eigenvalue weighted by Gasteiger charge is -2.24. The van der Waals surface area contributed by atoms with Gasteiger partial charge in [0.15, 0.2) is 5.15 Å². The summed E-state index contributed by atoms with van der Waals surface area (Å²) < 4.78 is 0. The smallest absolute Gasteiger partial charge is 0.224 e. The summed E-state index contributed by atoms with van der Waals surface area (Å²) in [7, 11) is 0. The predicted molar refractivity (Wildman–Crippen MR) is 64.6 cm³/mol. The molecule has 0 unspecified atom stereocenters. The lowest BCUT2D eigenvalue weighted by Crippen LogP contribution is -2.21. The van der Waals surface area contributed by atoms with E-state index in [1.54, 1.807) is 6.20 Å². The number of amides is 1. The van der Waals surface area contributed by atoms with Crippen LogP contribution >= 0.6 is 11.6 Å². The van der Waals surface area contributed by atoms with Crippen molar-refractivity contribution in [2.75, 3.05) is 5.32 Å². The molecular formula is C12H15ClN2O. The first kappa shape index (κ1) is 11.4. The van der Waals surface area contributed by atoms with Gasteiger partial charge in [0.2, 0.25) is 5.91 Å². The molecule has 86 valence electrons. The first-order chi connectivity index (χ1) is 7.65. The Bertz CT molecular complexity index is 402. The molecule has 1 saturated carbocycles. The summed E-state index contributed by atoms with van der Waals surface area (Å²) in [5.41, 5.74) is 1.61. The van der Waals surface area contributed by atoms with Crippen molar-refractivity contribution >= 4 is 23.2 Å². The van der Waals surface area contributed by atoms with Crippen LogP contribution in [0.4, 0.5) is 5.69 Å². The fourth-order valence-corrected chi connectivity index (χ4v) is 1.95. The summed E-state index contributed by atoms with van der Waals surface area (Å²) in [6.45, 7) is 1.92. The third-order valence-corrected chi connectivity index (χ3v) is 3.25. The molecule has 1 aromatic heterocycles. The van der Waals surface area contributed by atoms with Crippen molar-refractivity contribution < 1.29 is 4.79 Å². The van der Waals surface area contributed by atoms with Gasteiger partial charge in [-0.15, -0.1) is 0 Å². The lowest BCUT2D eigenvalue weighted by atomic mass is 9.83. The summed E-state index contributed by atoms with van der Waals surface area (Å²) >= 11 is 5.90. The second-order valence-corrected chi connectivity index (χ2v) is 4.76. The number of hydrogen-bond donors (Lipinski definition) is 1. The van der Waals surface area contributed by atoms with E-state index in [4.69, 9.17) is 11.6 Å². The number of nitrogens with zero attached hydrogens (tertiary/aromatic N) is 1. The van der Waals surface area contributed by atoms with Gasteiger partial charge in [-0.25, -0.2) is 4.98 Å². The minimum absolute atomic E-state index is 0.0407. The summed E-state index contributed by atoms with van der Waals surface area (Å²) in [5.74, 6) is 0.607. The summed E-state index contributed by atoms with van der Waals surface area (Å²) in [5, 5.41) is 3.17. The highest BCUT2D eigenvalue weighted by Gasteiger charge is 2.20. The Kier molecular flexibility index (Phi) is 3.44. The Morgan fingerprint density at radius 1 is 1.62 bits per heavy atom. The van der Waals surface area contributed by atoms with Crippen molar-refractivity contribution in [1.29, 1.82) is 0 Å². The minimum atomic E-state index is 0.0407. The van der Waals surface area contributed by atoms with Crippen molar-refractivity contribution in [2.24, 2.45) is 5.92 Å². The zero-order chi connectivity index (χ0) is 11.5. The molecule has 0 bridgehead atoms. The highest BCUT2D eigenvalue weighted by atomic mass is 35.5. The maximum Gasteiger partial charge on any atom is 0.224 e. The molecule has 0 saturated heterocycles. The van der Waals surface area contributed by atoms with Crippen LogP contribution in [0.3, 0.4) is 0 Å². The SMILES string of the molecule is Cc1cnc(Cl)c(NC(=O)CC2CCC2)c1. The molecule has 4 heteroatoms. The standard InChI is InChI=1S/C12H15ClN2O/c1-8-5-10(12(13)14-7-8)15-11(16)6-9-3-2-4-9/h5,7,9H,2-4,6H2,1H3,(H,15,16). The van der Waals surface area contributed by atoms with Gasteiger partial charge < -0.3 is 5.32 Å². The van der Waals surface area contributed by atoms with Crippen molar-refractivity contribution in [3.05, 3.63) is 23.0 Å². The zero-order valence-electron chi connectivity index (χ0n) is 9.29. The third-order valence-electron chi connectivity index (χ3n) is 2.95. The first-order valence-corrected chi connectivity index (χ1v) is 5.95. The van der Waals surface area contributed by atoms with E-state index in [-0.39, 0.29) is 5.91 Å². The molecule has 1 aliphatic carbocycles. The summed E-state index contributed by atoms with van der Waals surface area (Å²) in [6, 6.07) is 1.84. The van der Waals surface area contributed by atoms with E-state index in [1.807, 2.05) is 13.0 Å². The Morgan fingerprint density at radius 3 is 3.00 bits per heavy atom. The number of aryl methyl sites for hydroxylation is 1. The number of halogens is 1. The maximum absolute atomic E-state index is 11.7. The molecule has 1 aromatic rings. The van der Waals surface area contributed by atoms with Crippen molar-refractivity contribution in [2.45, 2.75) is 32.6 Å². The van der Waals surface area contributed by atoms with Gasteiger partial charge in [0.05, 0.1) is 5.69 Å². The lowest BCUT2D eigenvalue weighted by molar-refractivity contribution is -0.117. The van der Waals surface area contributed by atoms with Gasteiger partial charge in [-0.3, -0.25) is 4.79 Å². The summed E-state index contributed by atoms with van der Waals surface area (Å²) in [4.78, 5) is 15.7. The monoisotopic (exact) mass is 238 g/mol. The van der Waals surface area contributed by atoms with Crippen LogP contribution in [0, 0.1) is 12.8 Å². The molecule has 16 heavy (non-hydrogen) atoms. The molecular weight excluding hydrogens is 224 g/mol. The molecule has 0 aromatic carbocycles. The molecule has 2 rings (SSSR count). The normalized spacial score (nSPS) is 15.6. The maximum atomic E-state index is 11.7. The number of anilines is 1. The van der Waals surface area contributed by atoms with Crippen LogP contribution in [0.25, 0.3) is 0 Å². The van der Waals surface area contributed by atoms with Gasteiger partial charge in [0.25, 0.3) is 0 Å². The highest BCUT2D eigenvalue weighted by Crippen LogP contribution is 2.30. The van der Waals surface area contributed by atoms with E-state index < -0.39 is 0 Å².